The van der Waals surface area contributed by atoms with Gasteiger partial charge in [-0.05, 0) is 101 Å². The van der Waals surface area contributed by atoms with E-state index in [4.69, 9.17) is 70.3 Å². The van der Waals surface area contributed by atoms with Gasteiger partial charge in [0.05, 0.1) is 62.3 Å². The van der Waals surface area contributed by atoms with Gasteiger partial charge in [0.25, 0.3) is 11.8 Å². The van der Waals surface area contributed by atoms with Crippen molar-refractivity contribution in [3.63, 3.8) is 0 Å². The Kier molecular flexibility index (Phi) is 28.6. The number of nitrogens with one attached hydrogen (secondary N) is 3. The first kappa shape index (κ1) is 84.7. The number of ether oxygens (including phenoxy) is 6. The van der Waals surface area contributed by atoms with Gasteiger partial charge in [-0.2, -0.15) is 0 Å². The average Bonchev–Trinajstić information content (AvgIpc) is 1.19. The average molecular weight is 1640 g/mol. The van der Waals surface area contributed by atoms with Crippen molar-refractivity contribution in [2.45, 2.75) is 94.7 Å². The number of aromatic nitrogens is 3. The SMILES string of the molecule is CCOC(=O)C1=C(CN2CCC(OCC(=O)O)C(F)(F)C2)NC(c2nccs2)=N[C@@]1(C)c1ccc(F)cc1.CCOC(=O)C1=C(CN2CCC(OCC(=O)O)C(F)(F)C2)NC(c2nccs2)=N[C@]1(C)c1ccc(F)cc1.CCOC(=O)C1=C(CN2CCO[C@H](/C=C/C(=O)O)C2)NC(c2nccs2)=N[C@H]1c1ccc(F)cc1Cl. The molecule has 0 amide bonds. The summed E-state index contributed by atoms with van der Waals surface area (Å²) in [6.45, 7) is 7.43. The second-order valence-electron chi connectivity index (χ2n) is 26.0. The number of carboxylic acids is 3. The Morgan fingerprint density at radius 1 is 0.589 bits per heavy atom. The number of nitrogens with zero attached hydrogens (tertiary/aromatic N) is 9. The third kappa shape index (κ3) is 21.1. The first-order valence-electron chi connectivity index (χ1n) is 35.0. The van der Waals surface area contributed by atoms with E-state index in [1.54, 1.807) is 64.0 Å². The summed E-state index contributed by atoms with van der Waals surface area (Å²) in [7, 11) is 0. The Morgan fingerprint density at radius 3 is 1.43 bits per heavy atom. The van der Waals surface area contributed by atoms with Gasteiger partial charge in [0, 0.05) is 114 Å². The van der Waals surface area contributed by atoms with Crippen molar-refractivity contribution in [1.82, 2.24) is 45.6 Å². The number of alkyl halides is 4. The number of amidine groups is 3. The molecule has 38 heteroatoms. The molecule has 6 aromatic rings. The molecule has 6 aliphatic heterocycles. The fraction of sp³-hybridized carbons (Fsp3) is 0.405. The fourth-order valence-electron chi connectivity index (χ4n) is 13.2. The van der Waals surface area contributed by atoms with Gasteiger partial charge < -0.3 is 59.7 Å². The maximum atomic E-state index is 14.9. The summed E-state index contributed by atoms with van der Waals surface area (Å²) in [5.41, 5.74) is 0.405. The first-order chi connectivity index (χ1) is 53.4. The van der Waals surface area contributed by atoms with E-state index >= 15 is 0 Å². The van der Waals surface area contributed by atoms with Gasteiger partial charge in [-0.1, -0.05) is 41.9 Å². The Morgan fingerprint density at radius 2 is 1.02 bits per heavy atom. The van der Waals surface area contributed by atoms with Crippen molar-refractivity contribution >= 4 is 98.9 Å². The smallest absolute Gasteiger partial charge is 0.338 e. The molecule has 3 fully saturated rings. The van der Waals surface area contributed by atoms with Crippen LogP contribution in [0, 0.1) is 17.5 Å². The molecular weight excluding hydrogens is 1560 g/mol. The summed E-state index contributed by atoms with van der Waals surface area (Å²) in [5.74, 6) is -12.6. The van der Waals surface area contributed by atoms with E-state index in [9.17, 15) is 59.5 Å². The zero-order valence-electron chi connectivity index (χ0n) is 60.8. The molecule has 3 saturated heterocycles. The maximum absolute atomic E-state index is 14.9. The minimum absolute atomic E-state index is 0.0720. The monoisotopic (exact) mass is 1640 g/mol. The molecule has 0 spiro atoms. The minimum atomic E-state index is -3.32. The molecule has 598 valence electrons. The van der Waals surface area contributed by atoms with E-state index in [2.05, 4.69) is 30.9 Å². The number of hydrogen-bond acceptors (Lipinski definition) is 27. The molecule has 0 aliphatic carbocycles. The fourth-order valence-corrected chi connectivity index (χ4v) is 15.2. The van der Waals surface area contributed by atoms with Crippen molar-refractivity contribution in [3.8, 4) is 0 Å². The molecule has 3 aromatic carbocycles. The number of aliphatic imine (C=N–C) groups is 3. The standard InChI is InChI=1S/2C25H27F3N4O5S.C24H24ClFN4O5S/c2*1-3-36-23(35)20-17(12-32-10-8-18(25(27,28)14-32)37-13-19(33)34)30-21(22-29-9-11-38-22)31-24(20,2)15-4-6-16(26)7-5-15;1-2-34-24(33)20-18(13-30-8-9-35-15(12-30)4-6-19(31)32)28-22(23-27-7-10-36-23)29-21(20)16-5-3-14(26)11-17(16)25/h2*4-7,9,11,18H,3,8,10,12-14H2,1-2H3,(H,30,31)(H,33,34);3-7,10-11,15,21H,2,8-9,12-13H2,1H3,(H,28,29)(H,31,32)/b;;6-4+/t2*18?,24-;15-,21+/m101/s1. The molecule has 0 radical (unpaired) electrons. The zero-order valence-corrected chi connectivity index (χ0v) is 64.0. The summed E-state index contributed by atoms with van der Waals surface area (Å²) >= 11 is 10.4. The molecule has 9 heterocycles. The predicted molar refractivity (Wildman–Crippen MR) is 398 cm³/mol. The van der Waals surface area contributed by atoms with Gasteiger partial charge in [0.15, 0.2) is 32.5 Å². The summed E-state index contributed by atoms with van der Waals surface area (Å²) in [6, 6.07) is 14.2. The second kappa shape index (κ2) is 37.8. The van der Waals surface area contributed by atoms with Gasteiger partial charge in [-0.15, -0.1) is 34.0 Å². The highest BCUT2D eigenvalue weighted by atomic mass is 35.5. The Balaban J connectivity index is 0.000000178. The molecule has 2 unspecified atom stereocenters. The van der Waals surface area contributed by atoms with E-state index in [0.29, 0.717) is 92.6 Å². The van der Waals surface area contributed by atoms with Gasteiger partial charge >= 0.3 is 35.8 Å². The zero-order chi connectivity index (χ0) is 80.7. The van der Waals surface area contributed by atoms with Crippen LogP contribution in [0.3, 0.4) is 0 Å². The maximum Gasteiger partial charge on any atom is 0.338 e. The Labute approximate surface area is 654 Å². The van der Waals surface area contributed by atoms with Crippen molar-refractivity contribution < 1.29 is 103 Å². The van der Waals surface area contributed by atoms with E-state index < -0.39 is 127 Å². The number of halogens is 8. The van der Waals surface area contributed by atoms with Crippen molar-refractivity contribution in [1.29, 1.82) is 0 Å². The van der Waals surface area contributed by atoms with Gasteiger partial charge in [0.2, 0.25) is 0 Å². The lowest BCUT2D eigenvalue weighted by Gasteiger charge is -2.40. The number of hydrogen-bond donors (Lipinski definition) is 6. The van der Waals surface area contributed by atoms with E-state index in [1.807, 2.05) is 10.3 Å². The topological polar surface area (TPSA) is 340 Å². The van der Waals surface area contributed by atoms with Crippen LogP contribution in [0.2, 0.25) is 5.02 Å². The predicted octanol–water partition coefficient (Wildman–Crippen LogP) is 9.54. The lowest BCUT2D eigenvalue weighted by Crippen LogP contribution is -2.54. The summed E-state index contributed by atoms with van der Waals surface area (Å²) in [4.78, 5) is 105. The van der Waals surface area contributed by atoms with Crippen LogP contribution in [0.5, 0.6) is 0 Å². The third-order valence-corrected chi connectivity index (χ3v) is 20.8. The van der Waals surface area contributed by atoms with Gasteiger partial charge in [-0.3, -0.25) is 19.7 Å². The summed E-state index contributed by atoms with van der Waals surface area (Å²) in [6.07, 6.45) is 3.67. The molecule has 6 atom stereocenters. The van der Waals surface area contributed by atoms with Crippen molar-refractivity contribution in [2.75, 3.05) is 98.5 Å². The van der Waals surface area contributed by atoms with E-state index in [1.165, 1.54) is 117 Å². The van der Waals surface area contributed by atoms with Crippen LogP contribution in [0.25, 0.3) is 0 Å². The van der Waals surface area contributed by atoms with Crippen molar-refractivity contribution in [2.24, 2.45) is 15.0 Å². The van der Waals surface area contributed by atoms with Gasteiger partial charge in [-0.25, -0.2) is 84.4 Å². The van der Waals surface area contributed by atoms with Crippen LogP contribution in [0.4, 0.5) is 30.7 Å². The molecule has 12 rings (SSSR count). The molecule has 112 heavy (non-hydrogen) atoms. The van der Waals surface area contributed by atoms with Crippen LogP contribution in [-0.2, 0) is 68.3 Å². The number of morpholine rings is 1. The number of carbonyl (C=O) groups is 6. The van der Waals surface area contributed by atoms with E-state index in [0.717, 1.165) is 6.08 Å². The molecule has 0 bridgehead atoms. The number of thiazole rings is 3. The number of carbonyl (C=O) groups excluding carboxylic acids is 3. The van der Waals surface area contributed by atoms with Crippen LogP contribution in [-0.4, -0.2) is 227 Å². The lowest BCUT2D eigenvalue weighted by atomic mass is 9.82. The highest BCUT2D eigenvalue weighted by Crippen LogP contribution is 2.43. The third-order valence-electron chi connectivity index (χ3n) is 18.2. The number of carboxylic acid groups (broad SMARTS) is 3. The first-order valence-corrected chi connectivity index (χ1v) is 38.0. The quantitative estimate of drug-likeness (QED) is 0.0127. The molecular formula is C74H78ClF7N12O15S3. The largest absolute Gasteiger partial charge is 0.480 e. The molecule has 3 aromatic heterocycles. The normalized spacial score (nSPS) is 22.6. The highest BCUT2D eigenvalue weighted by molar-refractivity contribution is 7.12. The Bertz CT molecular complexity index is 4410. The number of piperidine rings is 2. The second-order valence-corrected chi connectivity index (χ2v) is 29.1. The molecule has 27 nitrogen and oxygen atoms in total. The molecule has 6 N–H and O–H groups in total. The minimum Gasteiger partial charge on any atom is -0.480 e. The molecule has 6 aliphatic rings. The highest BCUT2D eigenvalue weighted by Gasteiger charge is 2.50. The van der Waals surface area contributed by atoms with Crippen LogP contribution in [0.1, 0.15) is 85.2 Å². The molecule has 0 saturated carbocycles. The number of esters is 3. The van der Waals surface area contributed by atoms with Crippen LogP contribution in [0.15, 0.2) is 162 Å². The number of aliphatic carboxylic acids is 3. The van der Waals surface area contributed by atoms with Crippen molar-refractivity contribution in [3.05, 3.63) is 202 Å². The van der Waals surface area contributed by atoms with Crippen LogP contribution < -0.4 is 16.0 Å². The van der Waals surface area contributed by atoms with Crippen LogP contribution >= 0.6 is 45.6 Å². The number of likely N-dealkylation sites (tertiary alicyclic amines) is 2. The Hall–Kier alpha value is -9.70. The summed E-state index contributed by atoms with van der Waals surface area (Å²) < 4.78 is 133. The number of benzene rings is 3. The lowest BCUT2D eigenvalue weighted by molar-refractivity contribution is -0.181. The van der Waals surface area contributed by atoms with E-state index in [-0.39, 0.29) is 80.6 Å². The van der Waals surface area contributed by atoms with Gasteiger partial charge in [0.1, 0.15) is 60.0 Å². The summed E-state index contributed by atoms with van der Waals surface area (Å²) in [5, 5.41) is 43.1. The number of rotatable bonds is 26.